The standard InChI is InChI=1S/C12H15N3O/c1-10(15-9-16)11-3-5-12(6-4-11)14-8-2-7-13/h2-10,13-14H,1H3,(H,15,16)/b8-2-,13-7?. The molecule has 0 saturated heterocycles. The van der Waals surface area contributed by atoms with Gasteiger partial charge < -0.3 is 16.0 Å². The van der Waals surface area contributed by atoms with Gasteiger partial charge in [-0.25, -0.2) is 0 Å². The van der Waals surface area contributed by atoms with Crippen molar-refractivity contribution in [3.63, 3.8) is 0 Å². The van der Waals surface area contributed by atoms with Gasteiger partial charge in [-0.05, 0) is 30.7 Å². The molecule has 4 heteroatoms. The fourth-order valence-corrected chi connectivity index (χ4v) is 1.26. The van der Waals surface area contributed by atoms with Crippen molar-refractivity contribution in [3.8, 4) is 0 Å². The summed E-state index contributed by atoms with van der Waals surface area (Å²) in [6, 6.07) is 7.76. The van der Waals surface area contributed by atoms with Crippen LogP contribution >= 0.6 is 0 Å². The fourth-order valence-electron chi connectivity index (χ4n) is 1.26. The number of benzene rings is 1. The second-order valence-corrected chi connectivity index (χ2v) is 3.30. The van der Waals surface area contributed by atoms with Gasteiger partial charge in [-0.2, -0.15) is 0 Å². The molecule has 3 N–H and O–H groups in total. The number of rotatable bonds is 6. The van der Waals surface area contributed by atoms with Crippen molar-refractivity contribution in [1.82, 2.24) is 5.32 Å². The molecule has 1 rings (SSSR count). The minimum atomic E-state index is 0.0173. The van der Waals surface area contributed by atoms with Gasteiger partial charge in [-0.15, -0.1) is 0 Å². The first-order chi connectivity index (χ1) is 7.77. The molecule has 16 heavy (non-hydrogen) atoms. The summed E-state index contributed by atoms with van der Waals surface area (Å²) in [5.41, 5.74) is 1.99. The van der Waals surface area contributed by atoms with Gasteiger partial charge in [0.1, 0.15) is 0 Å². The van der Waals surface area contributed by atoms with Crippen molar-refractivity contribution in [3.05, 3.63) is 42.1 Å². The lowest BCUT2D eigenvalue weighted by atomic mass is 10.1. The maximum Gasteiger partial charge on any atom is 0.207 e. The summed E-state index contributed by atoms with van der Waals surface area (Å²) >= 11 is 0. The Balaban J connectivity index is 2.63. The van der Waals surface area contributed by atoms with Gasteiger partial charge in [0, 0.05) is 18.1 Å². The Hall–Kier alpha value is -2.10. The molecular formula is C12H15N3O. The summed E-state index contributed by atoms with van der Waals surface area (Å²) in [5.74, 6) is 0. The van der Waals surface area contributed by atoms with E-state index < -0.39 is 0 Å². The predicted molar refractivity (Wildman–Crippen MR) is 65.6 cm³/mol. The maximum atomic E-state index is 10.3. The Bertz CT molecular complexity index is 370. The van der Waals surface area contributed by atoms with Gasteiger partial charge in [0.25, 0.3) is 0 Å². The van der Waals surface area contributed by atoms with E-state index in [1.807, 2.05) is 31.2 Å². The summed E-state index contributed by atoms with van der Waals surface area (Å²) in [7, 11) is 0. The van der Waals surface area contributed by atoms with Crippen LogP contribution in [0.15, 0.2) is 36.5 Å². The molecule has 0 aliphatic rings. The molecule has 4 nitrogen and oxygen atoms in total. The van der Waals surface area contributed by atoms with Crippen molar-refractivity contribution in [1.29, 1.82) is 5.41 Å². The monoisotopic (exact) mass is 217 g/mol. The van der Waals surface area contributed by atoms with E-state index in [0.717, 1.165) is 11.3 Å². The van der Waals surface area contributed by atoms with Gasteiger partial charge in [-0.3, -0.25) is 4.79 Å². The number of nitrogens with one attached hydrogen (secondary N) is 3. The average Bonchev–Trinajstić information content (AvgIpc) is 2.30. The number of allylic oxidation sites excluding steroid dienone is 1. The molecule has 0 aliphatic carbocycles. The van der Waals surface area contributed by atoms with Crippen LogP contribution in [0.2, 0.25) is 0 Å². The van der Waals surface area contributed by atoms with Crippen LogP contribution in [0.5, 0.6) is 0 Å². The minimum Gasteiger partial charge on any atom is -0.362 e. The van der Waals surface area contributed by atoms with Gasteiger partial charge in [0.2, 0.25) is 6.41 Å². The summed E-state index contributed by atoms with van der Waals surface area (Å²) in [4.78, 5) is 10.3. The van der Waals surface area contributed by atoms with E-state index in [4.69, 9.17) is 5.41 Å². The molecule has 1 aromatic carbocycles. The van der Waals surface area contributed by atoms with Crippen LogP contribution in [0, 0.1) is 5.41 Å². The van der Waals surface area contributed by atoms with E-state index >= 15 is 0 Å². The van der Waals surface area contributed by atoms with Crippen LogP contribution in [0.3, 0.4) is 0 Å². The molecule has 0 heterocycles. The quantitative estimate of drug-likeness (QED) is 0.504. The highest BCUT2D eigenvalue weighted by Gasteiger charge is 2.02. The van der Waals surface area contributed by atoms with Crippen molar-refractivity contribution in [2.24, 2.45) is 0 Å². The Morgan fingerprint density at radius 2 is 2.00 bits per heavy atom. The summed E-state index contributed by atoms with van der Waals surface area (Å²) < 4.78 is 0. The van der Waals surface area contributed by atoms with Crippen molar-refractivity contribution >= 4 is 18.3 Å². The number of amides is 1. The lowest BCUT2D eigenvalue weighted by Gasteiger charge is -2.10. The Morgan fingerprint density at radius 1 is 1.31 bits per heavy atom. The topological polar surface area (TPSA) is 65.0 Å². The predicted octanol–water partition coefficient (Wildman–Crippen LogP) is 2.07. The number of carbonyl (C=O) groups is 1. The normalized spacial score (nSPS) is 12.1. The van der Waals surface area contributed by atoms with Gasteiger partial charge in [-0.1, -0.05) is 12.1 Å². The average molecular weight is 217 g/mol. The van der Waals surface area contributed by atoms with E-state index in [1.165, 1.54) is 6.21 Å². The zero-order valence-corrected chi connectivity index (χ0v) is 9.10. The van der Waals surface area contributed by atoms with Crippen LogP contribution < -0.4 is 10.6 Å². The lowest BCUT2D eigenvalue weighted by molar-refractivity contribution is -0.110. The largest absolute Gasteiger partial charge is 0.362 e. The minimum absolute atomic E-state index is 0.0173. The van der Waals surface area contributed by atoms with E-state index in [2.05, 4.69) is 10.6 Å². The van der Waals surface area contributed by atoms with Gasteiger partial charge in [0.15, 0.2) is 0 Å². The molecule has 0 aliphatic heterocycles. The van der Waals surface area contributed by atoms with Gasteiger partial charge >= 0.3 is 0 Å². The molecule has 0 aromatic heterocycles. The summed E-state index contributed by atoms with van der Waals surface area (Å²) in [5, 5.41) is 12.5. The first-order valence-electron chi connectivity index (χ1n) is 4.99. The van der Waals surface area contributed by atoms with Crippen molar-refractivity contribution < 1.29 is 4.79 Å². The maximum absolute atomic E-state index is 10.3. The van der Waals surface area contributed by atoms with E-state index in [0.29, 0.717) is 6.41 Å². The smallest absolute Gasteiger partial charge is 0.207 e. The molecule has 84 valence electrons. The molecule has 0 fully saturated rings. The van der Waals surface area contributed by atoms with Crippen LogP contribution in [0.1, 0.15) is 18.5 Å². The first kappa shape index (κ1) is 12.0. The third-order valence-electron chi connectivity index (χ3n) is 2.17. The third kappa shape index (κ3) is 3.57. The van der Waals surface area contributed by atoms with E-state index in [9.17, 15) is 4.79 Å². The lowest BCUT2D eigenvalue weighted by Crippen LogP contribution is -2.15. The van der Waals surface area contributed by atoms with Crippen LogP contribution in [-0.4, -0.2) is 12.6 Å². The van der Waals surface area contributed by atoms with Crippen molar-refractivity contribution in [2.45, 2.75) is 13.0 Å². The highest BCUT2D eigenvalue weighted by Crippen LogP contribution is 2.15. The van der Waals surface area contributed by atoms with Crippen molar-refractivity contribution in [2.75, 3.05) is 5.32 Å². The highest BCUT2D eigenvalue weighted by molar-refractivity contribution is 5.68. The second-order valence-electron chi connectivity index (χ2n) is 3.30. The van der Waals surface area contributed by atoms with Crippen LogP contribution in [-0.2, 0) is 4.79 Å². The third-order valence-corrected chi connectivity index (χ3v) is 2.17. The fraction of sp³-hybridized carbons (Fsp3) is 0.167. The number of anilines is 1. The van der Waals surface area contributed by atoms with Gasteiger partial charge in [0.05, 0.1) is 6.04 Å². The molecule has 1 aromatic rings. The Labute approximate surface area is 94.9 Å². The molecule has 0 bridgehead atoms. The second kappa shape index (κ2) is 6.40. The van der Waals surface area contributed by atoms with Crippen LogP contribution in [0.4, 0.5) is 5.69 Å². The number of carbonyl (C=O) groups excluding carboxylic acids is 1. The van der Waals surface area contributed by atoms with Crippen LogP contribution in [0.25, 0.3) is 0 Å². The van der Waals surface area contributed by atoms with E-state index in [1.54, 1.807) is 12.3 Å². The number of hydrogen-bond acceptors (Lipinski definition) is 3. The zero-order valence-electron chi connectivity index (χ0n) is 9.10. The zero-order chi connectivity index (χ0) is 11.8. The summed E-state index contributed by atoms with van der Waals surface area (Å²) in [6.07, 6.45) is 5.20. The first-order valence-corrected chi connectivity index (χ1v) is 4.99. The molecular weight excluding hydrogens is 202 g/mol. The molecule has 1 unspecified atom stereocenters. The van der Waals surface area contributed by atoms with E-state index in [-0.39, 0.29) is 6.04 Å². The Morgan fingerprint density at radius 3 is 2.56 bits per heavy atom. The molecule has 0 spiro atoms. The Kier molecular flexibility index (Phi) is 4.79. The molecule has 1 atom stereocenters. The SMILES string of the molecule is CC(NC=O)c1ccc(N/C=C\C=N)cc1. The highest BCUT2D eigenvalue weighted by atomic mass is 16.1. The summed E-state index contributed by atoms with van der Waals surface area (Å²) in [6.45, 7) is 1.92. The molecule has 1 amide bonds. The molecule has 0 saturated carbocycles. The number of hydrogen-bond donors (Lipinski definition) is 3. The molecule has 0 radical (unpaired) electrons.